The van der Waals surface area contributed by atoms with E-state index in [1.807, 2.05) is 36.5 Å². The molecule has 0 saturated carbocycles. The fraction of sp³-hybridized carbons (Fsp3) is 0.353. The van der Waals surface area contributed by atoms with Crippen molar-refractivity contribution in [1.29, 1.82) is 0 Å². The lowest BCUT2D eigenvalue weighted by Gasteiger charge is -2.24. The highest BCUT2D eigenvalue weighted by Gasteiger charge is 2.20. The Kier molecular flexibility index (Phi) is 4.06. The molecule has 0 amide bonds. The molecule has 1 aromatic carbocycles. The molecule has 1 aromatic heterocycles. The number of nitrogens with zero attached hydrogens (tertiary/aromatic N) is 1. The van der Waals surface area contributed by atoms with Crippen LogP contribution in [0.2, 0.25) is 0 Å². The van der Waals surface area contributed by atoms with Gasteiger partial charge in [0.15, 0.2) is 0 Å². The summed E-state index contributed by atoms with van der Waals surface area (Å²) in [4.78, 5) is 11.5. The molecule has 2 N–H and O–H groups in total. The maximum Gasteiger partial charge on any atom is 0.337 e. The molecule has 0 spiro atoms. The van der Waals surface area contributed by atoms with Gasteiger partial charge in [0.25, 0.3) is 0 Å². The average molecular weight is 284 g/mol. The average Bonchev–Trinajstić information content (AvgIpc) is 2.93. The third kappa shape index (κ3) is 3.00. The topological polar surface area (TPSA) is 54.3 Å². The molecule has 0 aliphatic carbocycles. The Bertz CT molecular complexity index is 613. The van der Waals surface area contributed by atoms with E-state index in [2.05, 4.69) is 9.88 Å². The number of benzene rings is 1. The van der Waals surface area contributed by atoms with E-state index in [9.17, 15) is 9.90 Å². The van der Waals surface area contributed by atoms with Crippen LogP contribution in [0.3, 0.4) is 0 Å². The summed E-state index contributed by atoms with van der Waals surface area (Å²) in [7, 11) is 0. The van der Waals surface area contributed by atoms with Crippen molar-refractivity contribution in [2.75, 3.05) is 13.1 Å². The van der Waals surface area contributed by atoms with E-state index < -0.39 is 5.97 Å². The van der Waals surface area contributed by atoms with E-state index in [1.165, 1.54) is 0 Å². The highest BCUT2D eigenvalue weighted by atomic mass is 16.4. The van der Waals surface area contributed by atoms with E-state index in [4.69, 9.17) is 0 Å². The van der Waals surface area contributed by atoms with E-state index in [-0.39, 0.29) is 0 Å². The number of hydrogen-bond donors (Lipinski definition) is 2. The number of aromatic nitrogens is 1. The van der Waals surface area contributed by atoms with E-state index in [1.54, 1.807) is 6.07 Å². The molecule has 3 rings (SSSR count). The van der Waals surface area contributed by atoms with Crippen molar-refractivity contribution in [2.24, 2.45) is 5.92 Å². The Hall–Kier alpha value is -2.07. The smallest absolute Gasteiger partial charge is 0.337 e. The second-order valence-corrected chi connectivity index (χ2v) is 5.59. The van der Waals surface area contributed by atoms with Crippen molar-refractivity contribution in [2.45, 2.75) is 19.4 Å². The van der Waals surface area contributed by atoms with Gasteiger partial charge in [-0.25, -0.2) is 4.79 Å². The number of carboxylic acid groups (broad SMARTS) is 1. The van der Waals surface area contributed by atoms with Crippen LogP contribution in [0.4, 0.5) is 0 Å². The van der Waals surface area contributed by atoms with Gasteiger partial charge in [-0.3, -0.25) is 0 Å². The van der Waals surface area contributed by atoms with Crippen LogP contribution >= 0.6 is 0 Å². The lowest BCUT2D eigenvalue weighted by Crippen LogP contribution is -2.29. The minimum atomic E-state index is -0.863. The van der Waals surface area contributed by atoms with Crippen LogP contribution < -0.4 is 5.32 Å². The van der Waals surface area contributed by atoms with Gasteiger partial charge in [-0.1, -0.05) is 30.3 Å². The fourth-order valence-corrected chi connectivity index (χ4v) is 3.06. The Morgan fingerprint density at radius 3 is 2.57 bits per heavy atom. The molecular formula is C17H20N2O2. The molecule has 0 radical (unpaired) electrons. The van der Waals surface area contributed by atoms with Gasteiger partial charge >= 0.3 is 5.97 Å². The van der Waals surface area contributed by atoms with Crippen LogP contribution in [0.1, 0.15) is 23.2 Å². The Labute approximate surface area is 124 Å². The second-order valence-electron chi connectivity index (χ2n) is 5.59. The lowest BCUT2D eigenvalue weighted by atomic mass is 9.98. The number of rotatable bonds is 4. The van der Waals surface area contributed by atoms with Gasteiger partial charge < -0.3 is 15.0 Å². The molecule has 4 heteroatoms. The van der Waals surface area contributed by atoms with E-state index in [0.717, 1.165) is 43.7 Å². The number of nitrogens with one attached hydrogen (secondary N) is 1. The summed E-state index contributed by atoms with van der Waals surface area (Å²) in [6.07, 6.45) is 4.21. The van der Waals surface area contributed by atoms with Crippen LogP contribution in [0.15, 0.2) is 42.6 Å². The maximum atomic E-state index is 11.5. The molecule has 4 nitrogen and oxygen atoms in total. The quantitative estimate of drug-likeness (QED) is 0.907. The summed E-state index contributed by atoms with van der Waals surface area (Å²) < 4.78 is 2.11. The number of aromatic carboxylic acids is 1. The van der Waals surface area contributed by atoms with Crippen molar-refractivity contribution >= 4 is 5.97 Å². The van der Waals surface area contributed by atoms with Crippen molar-refractivity contribution in [3.05, 3.63) is 48.2 Å². The first kappa shape index (κ1) is 13.9. The summed E-state index contributed by atoms with van der Waals surface area (Å²) in [5.41, 5.74) is 2.17. The largest absolute Gasteiger partial charge is 0.478 e. The van der Waals surface area contributed by atoms with Crippen LogP contribution in [0.25, 0.3) is 11.3 Å². The predicted octanol–water partition coefficient (Wildman–Crippen LogP) is 2.85. The number of piperidine rings is 1. The Morgan fingerprint density at radius 2 is 1.90 bits per heavy atom. The van der Waals surface area contributed by atoms with Crippen LogP contribution in [-0.2, 0) is 6.54 Å². The standard InChI is InChI=1S/C17H20N2O2/c20-17(21)15-8-11-19(12-13-6-9-18-10-7-13)16(15)14-4-2-1-3-5-14/h1-5,8,11,13,18H,6-7,9-10,12H2,(H,20,21). The Balaban J connectivity index is 1.95. The first-order valence-corrected chi connectivity index (χ1v) is 7.44. The minimum absolute atomic E-state index is 0.384. The SMILES string of the molecule is O=C(O)c1ccn(CC2CCNCC2)c1-c1ccccc1. The number of carbonyl (C=O) groups is 1. The fourth-order valence-electron chi connectivity index (χ4n) is 3.06. The van der Waals surface area contributed by atoms with Gasteiger partial charge in [-0.15, -0.1) is 0 Å². The normalized spacial score (nSPS) is 16.0. The lowest BCUT2D eigenvalue weighted by molar-refractivity contribution is 0.0697. The highest BCUT2D eigenvalue weighted by molar-refractivity contribution is 5.95. The molecule has 21 heavy (non-hydrogen) atoms. The first-order valence-electron chi connectivity index (χ1n) is 7.44. The highest BCUT2D eigenvalue weighted by Crippen LogP contribution is 2.27. The van der Waals surface area contributed by atoms with Crippen LogP contribution in [0, 0.1) is 5.92 Å². The van der Waals surface area contributed by atoms with Crippen molar-refractivity contribution in [1.82, 2.24) is 9.88 Å². The summed E-state index contributed by atoms with van der Waals surface area (Å²) in [6, 6.07) is 11.5. The second kappa shape index (κ2) is 6.14. The Morgan fingerprint density at radius 1 is 1.19 bits per heavy atom. The van der Waals surface area contributed by atoms with Gasteiger partial charge in [0.1, 0.15) is 0 Å². The van der Waals surface area contributed by atoms with E-state index in [0.29, 0.717) is 11.5 Å². The minimum Gasteiger partial charge on any atom is -0.478 e. The van der Waals surface area contributed by atoms with Gasteiger partial charge in [0.05, 0.1) is 11.3 Å². The summed E-state index contributed by atoms with van der Waals surface area (Å²) in [5.74, 6) is -0.249. The predicted molar refractivity (Wildman–Crippen MR) is 82.4 cm³/mol. The molecule has 110 valence electrons. The molecule has 1 saturated heterocycles. The molecule has 2 heterocycles. The van der Waals surface area contributed by atoms with E-state index >= 15 is 0 Å². The summed E-state index contributed by atoms with van der Waals surface area (Å²) >= 11 is 0. The van der Waals surface area contributed by atoms with Gasteiger partial charge in [0, 0.05) is 12.7 Å². The zero-order chi connectivity index (χ0) is 14.7. The molecule has 1 aliphatic rings. The van der Waals surface area contributed by atoms with Gasteiger partial charge in [-0.05, 0) is 43.5 Å². The van der Waals surface area contributed by atoms with Gasteiger partial charge in [-0.2, -0.15) is 0 Å². The van der Waals surface area contributed by atoms with Gasteiger partial charge in [0.2, 0.25) is 0 Å². The summed E-state index contributed by atoms with van der Waals surface area (Å²) in [5, 5.41) is 12.8. The zero-order valence-electron chi connectivity index (χ0n) is 12.0. The summed E-state index contributed by atoms with van der Waals surface area (Å²) in [6.45, 7) is 3.00. The molecule has 1 aliphatic heterocycles. The molecule has 0 bridgehead atoms. The third-order valence-corrected chi connectivity index (χ3v) is 4.15. The molecule has 0 atom stereocenters. The monoisotopic (exact) mass is 284 g/mol. The molecular weight excluding hydrogens is 264 g/mol. The molecule has 2 aromatic rings. The van der Waals surface area contributed by atoms with Crippen LogP contribution in [-0.4, -0.2) is 28.7 Å². The number of hydrogen-bond acceptors (Lipinski definition) is 2. The maximum absolute atomic E-state index is 11.5. The zero-order valence-corrected chi connectivity index (χ0v) is 12.0. The first-order chi connectivity index (χ1) is 10.3. The third-order valence-electron chi connectivity index (χ3n) is 4.15. The van der Waals surface area contributed by atoms with Crippen LogP contribution in [0.5, 0.6) is 0 Å². The van der Waals surface area contributed by atoms with Crippen molar-refractivity contribution < 1.29 is 9.90 Å². The number of carboxylic acids is 1. The van der Waals surface area contributed by atoms with Crippen molar-refractivity contribution in [3.8, 4) is 11.3 Å². The van der Waals surface area contributed by atoms with Crippen molar-refractivity contribution in [3.63, 3.8) is 0 Å². The molecule has 0 unspecified atom stereocenters. The molecule has 1 fully saturated rings.